The van der Waals surface area contributed by atoms with E-state index in [-0.39, 0.29) is 17.0 Å². The lowest BCUT2D eigenvalue weighted by atomic mass is 9.98. The average molecular weight is 451 g/mol. The largest absolute Gasteiger partial charge is 0.362 e. The van der Waals surface area contributed by atoms with Gasteiger partial charge in [0.05, 0.1) is 11.3 Å². The van der Waals surface area contributed by atoms with Crippen molar-refractivity contribution in [3.05, 3.63) is 106 Å². The molecule has 0 atom stereocenters. The van der Waals surface area contributed by atoms with Gasteiger partial charge in [-0.1, -0.05) is 48.0 Å². The van der Waals surface area contributed by atoms with E-state index in [1.165, 1.54) is 5.56 Å². The Morgan fingerprint density at radius 1 is 0.844 bits per heavy atom. The Morgan fingerprint density at radius 3 is 2.28 bits per heavy atom. The maximum Gasteiger partial charge on any atom is 0.282 e. The highest BCUT2D eigenvalue weighted by molar-refractivity contribution is 6.45. The van der Waals surface area contributed by atoms with E-state index in [1.807, 2.05) is 29.2 Å². The van der Waals surface area contributed by atoms with Crippen LogP contribution in [0.2, 0.25) is 5.02 Å². The number of carbonyl (C=O) groups excluding carboxylic acids is 2. The first-order chi connectivity index (χ1) is 15.4. The monoisotopic (exact) mass is 450 g/mol. The van der Waals surface area contributed by atoms with Gasteiger partial charge in [-0.25, -0.2) is 13.7 Å². The molecule has 0 fully saturated rings. The fraction of sp³-hybridized carbons (Fsp3) is 0.120. The summed E-state index contributed by atoms with van der Waals surface area (Å²) in [5.74, 6) is -3.06. The third-order valence-electron chi connectivity index (χ3n) is 5.79. The maximum absolute atomic E-state index is 14.6. The minimum Gasteiger partial charge on any atom is -0.362 e. The first-order valence-electron chi connectivity index (χ1n) is 10.1. The van der Waals surface area contributed by atoms with Crippen LogP contribution in [0, 0.1) is 11.6 Å². The van der Waals surface area contributed by atoms with Gasteiger partial charge in [0, 0.05) is 24.2 Å². The first kappa shape index (κ1) is 20.4. The second kappa shape index (κ2) is 7.88. The minimum atomic E-state index is -0.979. The quantitative estimate of drug-likeness (QED) is 0.529. The van der Waals surface area contributed by atoms with Gasteiger partial charge in [0.15, 0.2) is 0 Å². The number of anilines is 1. The van der Waals surface area contributed by atoms with Crippen molar-refractivity contribution in [2.24, 2.45) is 0 Å². The normalized spacial score (nSPS) is 16.1. The molecule has 0 radical (unpaired) electrons. The van der Waals surface area contributed by atoms with E-state index in [4.69, 9.17) is 11.6 Å². The zero-order valence-electron chi connectivity index (χ0n) is 16.8. The van der Waals surface area contributed by atoms with Gasteiger partial charge < -0.3 is 4.90 Å². The highest BCUT2D eigenvalue weighted by Crippen LogP contribution is 2.37. The minimum absolute atomic E-state index is 0.176. The van der Waals surface area contributed by atoms with Crippen LogP contribution in [0.15, 0.2) is 72.4 Å². The smallest absolute Gasteiger partial charge is 0.282 e. The van der Waals surface area contributed by atoms with E-state index < -0.39 is 23.4 Å². The molecule has 2 aliphatic rings. The molecule has 2 amide bonds. The van der Waals surface area contributed by atoms with Crippen molar-refractivity contribution in [1.29, 1.82) is 0 Å². The van der Waals surface area contributed by atoms with Crippen molar-refractivity contribution in [1.82, 2.24) is 4.90 Å². The second-order valence-corrected chi connectivity index (χ2v) is 8.15. The number of amides is 2. The zero-order chi connectivity index (χ0) is 22.4. The summed E-state index contributed by atoms with van der Waals surface area (Å²) in [6, 6.07) is 17.3. The van der Waals surface area contributed by atoms with Crippen molar-refractivity contribution in [3.63, 3.8) is 0 Å². The Balaban J connectivity index is 1.63. The van der Waals surface area contributed by atoms with E-state index in [2.05, 4.69) is 0 Å². The van der Waals surface area contributed by atoms with Crippen LogP contribution in [0.3, 0.4) is 0 Å². The molecular formula is C25H17ClF2N2O2. The summed E-state index contributed by atoms with van der Waals surface area (Å²) in [6.45, 7) is 0.976. The van der Waals surface area contributed by atoms with E-state index >= 15 is 0 Å². The highest BCUT2D eigenvalue weighted by Gasteiger charge is 2.44. The predicted molar refractivity (Wildman–Crippen MR) is 118 cm³/mol. The van der Waals surface area contributed by atoms with Crippen LogP contribution in [-0.2, 0) is 22.6 Å². The van der Waals surface area contributed by atoms with Crippen molar-refractivity contribution in [3.8, 4) is 0 Å². The van der Waals surface area contributed by atoms with Crippen LogP contribution in [-0.4, -0.2) is 23.3 Å². The molecule has 0 saturated carbocycles. The zero-order valence-corrected chi connectivity index (χ0v) is 17.6. The molecule has 7 heteroatoms. The van der Waals surface area contributed by atoms with Gasteiger partial charge in [-0.05, 0) is 47.4 Å². The molecule has 0 aromatic heterocycles. The fourth-order valence-electron chi connectivity index (χ4n) is 4.26. The first-order valence-corrected chi connectivity index (χ1v) is 10.5. The molecular weight excluding hydrogens is 434 g/mol. The number of halogens is 3. The number of imide groups is 1. The second-order valence-electron chi connectivity index (χ2n) is 7.71. The summed E-state index contributed by atoms with van der Waals surface area (Å²) in [5, 5.41) is 0.487. The Bertz CT molecular complexity index is 1290. The topological polar surface area (TPSA) is 40.6 Å². The van der Waals surface area contributed by atoms with Crippen molar-refractivity contribution in [2.45, 2.75) is 13.0 Å². The maximum atomic E-state index is 14.6. The molecule has 2 aliphatic heterocycles. The Hall–Kier alpha value is -3.51. The average Bonchev–Trinajstić information content (AvgIpc) is 3.04. The lowest BCUT2D eigenvalue weighted by Gasteiger charge is -2.31. The molecule has 3 aromatic carbocycles. The lowest BCUT2D eigenvalue weighted by Crippen LogP contribution is -2.37. The molecule has 0 spiro atoms. The van der Waals surface area contributed by atoms with Crippen LogP contribution >= 0.6 is 11.6 Å². The Kier molecular flexibility index (Phi) is 5.02. The fourth-order valence-corrected chi connectivity index (χ4v) is 4.38. The summed E-state index contributed by atoms with van der Waals surface area (Å²) in [6.07, 6.45) is 0.708. The van der Waals surface area contributed by atoms with Crippen LogP contribution in [0.25, 0.3) is 5.57 Å². The molecule has 0 aliphatic carbocycles. The molecule has 0 N–H and O–H groups in total. The number of nitrogens with zero attached hydrogens (tertiary/aromatic N) is 2. The van der Waals surface area contributed by atoms with E-state index in [1.54, 1.807) is 24.3 Å². The number of rotatable bonds is 3. The SMILES string of the molecule is O=C1C(c2ccc(Cl)cc2)=C(N2CCc3ccccc3C2)C(=O)N1c1ccc(F)cc1F. The number of fused-ring (bicyclic) bond motifs is 1. The summed E-state index contributed by atoms with van der Waals surface area (Å²) < 4.78 is 28.0. The van der Waals surface area contributed by atoms with Gasteiger partial charge in [0.25, 0.3) is 11.8 Å². The lowest BCUT2D eigenvalue weighted by molar-refractivity contribution is -0.120. The van der Waals surface area contributed by atoms with E-state index in [0.29, 0.717) is 36.2 Å². The molecule has 2 heterocycles. The molecule has 0 unspecified atom stereocenters. The van der Waals surface area contributed by atoms with Crippen LogP contribution in [0.5, 0.6) is 0 Å². The molecule has 0 bridgehead atoms. The Morgan fingerprint density at radius 2 is 1.56 bits per heavy atom. The van der Waals surface area contributed by atoms with Gasteiger partial charge in [0.2, 0.25) is 0 Å². The molecule has 160 valence electrons. The number of benzene rings is 3. The predicted octanol–water partition coefficient (Wildman–Crippen LogP) is 4.96. The van der Waals surface area contributed by atoms with Crippen LogP contribution in [0.4, 0.5) is 14.5 Å². The summed E-state index contributed by atoms with van der Waals surface area (Å²) in [7, 11) is 0. The highest BCUT2D eigenvalue weighted by atomic mass is 35.5. The van der Waals surface area contributed by atoms with Crippen molar-refractivity contribution >= 4 is 34.7 Å². The molecule has 0 saturated heterocycles. The number of carbonyl (C=O) groups is 2. The number of hydrogen-bond donors (Lipinski definition) is 0. The molecule has 3 aromatic rings. The number of hydrogen-bond acceptors (Lipinski definition) is 3. The standard InChI is InChI=1S/C25H17ClF2N2O2/c26-18-7-5-16(6-8-18)22-23(29-12-11-15-3-1-2-4-17(15)14-29)25(32)30(24(22)31)21-10-9-19(27)13-20(21)28/h1-10,13H,11-12,14H2. The van der Waals surface area contributed by atoms with Gasteiger partial charge >= 0.3 is 0 Å². The summed E-state index contributed by atoms with van der Waals surface area (Å²) in [4.78, 5) is 29.6. The molecule has 4 nitrogen and oxygen atoms in total. The van der Waals surface area contributed by atoms with Crippen molar-refractivity contribution in [2.75, 3.05) is 11.4 Å². The molecule has 5 rings (SSSR count). The van der Waals surface area contributed by atoms with Crippen molar-refractivity contribution < 1.29 is 18.4 Å². The third kappa shape index (κ3) is 3.37. The summed E-state index contributed by atoms with van der Waals surface area (Å²) in [5.41, 5.74) is 2.86. The third-order valence-corrected chi connectivity index (χ3v) is 6.04. The van der Waals surface area contributed by atoms with Crippen LogP contribution < -0.4 is 4.90 Å². The van der Waals surface area contributed by atoms with Gasteiger partial charge in [0.1, 0.15) is 17.3 Å². The van der Waals surface area contributed by atoms with Gasteiger partial charge in [-0.15, -0.1) is 0 Å². The summed E-state index contributed by atoms with van der Waals surface area (Å²) >= 11 is 6.01. The van der Waals surface area contributed by atoms with E-state index in [9.17, 15) is 18.4 Å². The van der Waals surface area contributed by atoms with E-state index in [0.717, 1.165) is 22.6 Å². The Labute approximate surface area is 188 Å². The van der Waals surface area contributed by atoms with Gasteiger partial charge in [-0.3, -0.25) is 9.59 Å². The van der Waals surface area contributed by atoms with Crippen LogP contribution in [0.1, 0.15) is 16.7 Å². The molecule has 32 heavy (non-hydrogen) atoms. The van der Waals surface area contributed by atoms with Gasteiger partial charge in [-0.2, -0.15) is 0 Å².